The molecule has 2 rings (SSSR count). The fourth-order valence-electron chi connectivity index (χ4n) is 2.75. The molecule has 3 N–H and O–H groups in total. The van der Waals surface area contributed by atoms with Crippen LogP contribution in [0.2, 0.25) is 0 Å². The summed E-state index contributed by atoms with van der Waals surface area (Å²) in [5, 5.41) is 3.57. The zero-order valence-corrected chi connectivity index (χ0v) is 11.7. The molecule has 4 heteroatoms. The zero-order chi connectivity index (χ0) is 13.2. The van der Waals surface area contributed by atoms with Gasteiger partial charge < -0.3 is 11.1 Å². The minimum atomic E-state index is 0.0275. The van der Waals surface area contributed by atoms with Gasteiger partial charge in [0.05, 0.1) is 5.54 Å². The maximum absolute atomic E-state index is 6.00. The van der Waals surface area contributed by atoms with Crippen molar-refractivity contribution in [2.45, 2.75) is 52.0 Å². The molecule has 1 aliphatic rings. The van der Waals surface area contributed by atoms with Crippen molar-refractivity contribution in [3.8, 4) is 0 Å². The first-order valence-corrected chi connectivity index (χ1v) is 6.83. The van der Waals surface area contributed by atoms with Crippen molar-refractivity contribution in [1.29, 1.82) is 0 Å². The van der Waals surface area contributed by atoms with E-state index in [2.05, 4.69) is 22.2 Å². The molecule has 0 saturated heterocycles. The van der Waals surface area contributed by atoms with Crippen molar-refractivity contribution in [3.05, 3.63) is 17.6 Å². The second kappa shape index (κ2) is 5.22. The van der Waals surface area contributed by atoms with E-state index in [1.54, 1.807) is 0 Å². The number of hydrogen-bond acceptors (Lipinski definition) is 4. The van der Waals surface area contributed by atoms with Gasteiger partial charge in [0.25, 0.3) is 0 Å². The van der Waals surface area contributed by atoms with Crippen molar-refractivity contribution in [2.24, 2.45) is 11.7 Å². The lowest BCUT2D eigenvalue weighted by molar-refractivity contribution is 0.271. The first-order valence-electron chi connectivity index (χ1n) is 6.83. The molecule has 0 radical (unpaired) electrons. The standard InChI is InChI=1S/C14H24N4/c1-10-4-6-14(9-15,7-5-10)18-13-8-11(2)16-12(3)17-13/h8,10H,4-7,9,15H2,1-3H3,(H,16,17,18). The Balaban J connectivity index is 2.14. The summed E-state index contributed by atoms with van der Waals surface area (Å²) >= 11 is 0. The lowest BCUT2D eigenvalue weighted by Crippen LogP contribution is -2.48. The number of aryl methyl sites for hydroxylation is 2. The molecular weight excluding hydrogens is 224 g/mol. The Morgan fingerprint density at radius 1 is 1.33 bits per heavy atom. The van der Waals surface area contributed by atoms with Gasteiger partial charge in [-0.25, -0.2) is 9.97 Å². The Morgan fingerprint density at radius 3 is 2.56 bits per heavy atom. The molecular formula is C14H24N4. The van der Waals surface area contributed by atoms with Gasteiger partial charge in [-0.3, -0.25) is 0 Å². The molecule has 0 amide bonds. The molecule has 1 fully saturated rings. The fourth-order valence-corrected chi connectivity index (χ4v) is 2.75. The molecule has 0 unspecified atom stereocenters. The number of rotatable bonds is 3. The number of nitrogens with one attached hydrogen (secondary N) is 1. The van der Waals surface area contributed by atoms with Crippen molar-refractivity contribution >= 4 is 5.82 Å². The average Bonchev–Trinajstić information content (AvgIpc) is 2.31. The van der Waals surface area contributed by atoms with Crippen LogP contribution >= 0.6 is 0 Å². The first kappa shape index (κ1) is 13.3. The lowest BCUT2D eigenvalue weighted by Gasteiger charge is -2.39. The summed E-state index contributed by atoms with van der Waals surface area (Å²) in [5.74, 6) is 2.55. The minimum Gasteiger partial charge on any atom is -0.363 e. The van der Waals surface area contributed by atoms with Crippen molar-refractivity contribution in [1.82, 2.24) is 9.97 Å². The highest BCUT2D eigenvalue weighted by atomic mass is 15.1. The van der Waals surface area contributed by atoms with E-state index in [0.717, 1.165) is 36.1 Å². The Kier molecular flexibility index (Phi) is 3.85. The monoisotopic (exact) mass is 248 g/mol. The van der Waals surface area contributed by atoms with Crippen LogP contribution in [0.5, 0.6) is 0 Å². The quantitative estimate of drug-likeness (QED) is 0.862. The summed E-state index contributed by atoms with van der Waals surface area (Å²) in [7, 11) is 0. The van der Waals surface area contributed by atoms with Gasteiger partial charge in [0.2, 0.25) is 0 Å². The van der Waals surface area contributed by atoms with Crippen LogP contribution in [0.25, 0.3) is 0 Å². The molecule has 1 aromatic rings. The van der Waals surface area contributed by atoms with Gasteiger partial charge in [0.1, 0.15) is 11.6 Å². The molecule has 0 aromatic carbocycles. The Labute approximate surface area is 109 Å². The predicted octanol–water partition coefficient (Wildman–Crippen LogP) is 2.41. The van der Waals surface area contributed by atoms with Crippen LogP contribution < -0.4 is 11.1 Å². The largest absolute Gasteiger partial charge is 0.363 e. The molecule has 18 heavy (non-hydrogen) atoms. The number of nitrogens with zero attached hydrogens (tertiary/aromatic N) is 2. The van der Waals surface area contributed by atoms with Crippen LogP contribution in [0.3, 0.4) is 0 Å². The van der Waals surface area contributed by atoms with Crippen LogP contribution in [0.4, 0.5) is 5.82 Å². The molecule has 1 heterocycles. The molecule has 0 bridgehead atoms. The molecule has 0 atom stereocenters. The van der Waals surface area contributed by atoms with Crippen molar-refractivity contribution in [2.75, 3.05) is 11.9 Å². The van der Waals surface area contributed by atoms with Gasteiger partial charge in [0.15, 0.2) is 0 Å². The summed E-state index contributed by atoms with van der Waals surface area (Å²) in [6.07, 6.45) is 4.75. The van der Waals surface area contributed by atoms with Crippen molar-refractivity contribution in [3.63, 3.8) is 0 Å². The van der Waals surface area contributed by atoms with E-state index in [1.165, 1.54) is 12.8 Å². The lowest BCUT2D eigenvalue weighted by atomic mass is 9.77. The van der Waals surface area contributed by atoms with Crippen LogP contribution in [-0.4, -0.2) is 22.1 Å². The van der Waals surface area contributed by atoms with Crippen LogP contribution in [0.1, 0.15) is 44.1 Å². The topological polar surface area (TPSA) is 63.8 Å². The number of nitrogens with two attached hydrogens (primary N) is 1. The molecule has 0 aliphatic heterocycles. The van der Waals surface area contributed by atoms with Crippen molar-refractivity contribution < 1.29 is 0 Å². The number of aromatic nitrogens is 2. The van der Waals surface area contributed by atoms with Crippen LogP contribution in [0, 0.1) is 19.8 Å². The summed E-state index contributed by atoms with van der Waals surface area (Å²) in [4.78, 5) is 8.77. The third-order valence-electron chi connectivity index (χ3n) is 3.98. The summed E-state index contributed by atoms with van der Waals surface area (Å²) in [5.41, 5.74) is 7.03. The first-order chi connectivity index (χ1) is 8.53. The highest BCUT2D eigenvalue weighted by Crippen LogP contribution is 2.33. The minimum absolute atomic E-state index is 0.0275. The molecule has 1 aliphatic carbocycles. The van der Waals surface area contributed by atoms with Gasteiger partial charge in [0, 0.05) is 18.3 Å². The molecule has 1 aromatic heterocycles. The van der Waals surface area contributed by atoms with E-state index in [1.807, 2.05) is 19.9 Å². The summed E-state index contributed by atoms with van der Waals surface area (Å²) < 4.78 is 0. The van der Waals surface area contributed by atoms with Gasteiger partial charge in [-0.2, -0.15) is 0 Å². The third-order valence-corrected chi connectivity index (χ3v) is 3.98. The van der Waals surface area contributed by atoms with E-state index in [-0.39, 0.29) is 5.54 Å². The number of hydrogen-bond donors (Lipinski definition) is 2. The smallest absolute Gasteiger partial charge is 0.130 e. The average molecular weight is 248 g/mol. The Hall–Kier alpha value is -1.16. The molecule has 100 valence electrons. The maximum atomic E-state index is 6.00. The second-order valence-corrected chi connectivity index (χ2v) is 5.73. The Morgan fingerprint density at radius 2 is 2.00 bits per heavy atom. The SMILES string of the molecule is Cc1cc(NC2(CN)CCC(C)CC2)nc(C)n1. The van der Waals surface area contributed by atoms with Gasteiger partial charge >= 0.3 is 0 Å². The highest BCUT2D eigenvalue weighted by molar-refractivity contribution is 5.39. The van der Waals surface area contributed by atoms with Gasteiger partial charge in [-0.05, 0) is 45.4 Å². The van der Waals surface area contributed by atoms with E-state index in [4.69, 9.17) is 5.73 Å². The zero-order valence-electron chi connectivity index (χ0n) is 11.7. The van der Waals surface area contributed by atoms with Gasteiger partial charge in [-0.1, -0.05) is 6.92 Å². The third kappa shape index (κ3) is 2.99. The van der Waals surface area contributed by atoms with E-state index >= 15 is 0 Å². The summed E-state index contributed by atoms with van der Waals surface area (Å²) in [6.45, 7) is 6.91. The highest BCUT2D eigenvalue weighted by Gasteiger charge is 2.33. The van der Waals surface area contributed by atoms with Crippen LogP contribution in [-0.2, 0) is 0 Å². The predicted molar refractivity (Wildman–Crippen MR) is 74.5 cm³/mol. The number of anilines is 1. The normalized spacial score (nSPS) is 28.1. The molecule has 4 nitrogen and oxygen atoms in total. The van der Waals surface area contributed by atoms with Gasteiger partial charge in [-0.15, -0.1) is 0 Å². The van der Waals surface area contributed by atoms with Crippen LogP contribution in [0.15, 0.2) is 6.07 Å². The molecule has 0 spiro atoms. The van der Waals surface area contributed by atoms with E-state index < -0.39 is 0 Å². The molecule has 1 saturated carbocycles. The van der Waals surface area contributed by atoms with E-state index in [9.17, 15) is 0 Å². The second-order valence-electron chi connectivity index (χ2n) is 5.73. The maximum Gasteiger partial charge on any atom is 0.130 e. The fraction of sp³-hybridized carbons (Fsp3) is 0.714. The Bertz CT molecular complexity index is 388. The van der Waals surface area contributed by atoms with E-state index in [0.29, 0.717) is 6.54 Å². The summed E-state index contributed by atoms with van der Waals surface area (Å²) in [6, 6.07) is 2.00.